The summed E-state index contributed by atoms with van der Waals surface area (Å²) in [5.74, 6) is -4.91. The van der Waals surface area contributed by atoms with Gasteiger partial charge in [0, 0.05) is 43.3 Å². The minimum absolute atomic E-state index is 0.0552. The first kappa shape index (κ1) is 20.6. The molecule has 0 bridgehead atoms. The van der Waals surface area contributed by atoms with Crippen LogP contribution in [0.25, 0.3) is 10.9 Å². The number of fused-ring (bicyclic) bond motifs is 1. The van der Waals surface area contributed by atoms with E-state index in [1.807, 2.05) is 6.92 Å². The number of halogens is 3. The lowest BCUT2D eigenvalue weighted by Crippen LogP contribution is -2.56. The molecule has 6 nitrogen and oxygen atoms in total. The number of nitrogens with one attached hydrogen (secondary N) is 1. The molecule has 2 aromatic heterocycles. The number of likely N-dealkylation sites (tertiary alicyclic amines) is 1. The molecule has 0 saturated carbocycles. The van der Waals surface area contributed by atoms with Crippen LogP contribution < -0.4 is 5.32 Å². The van der Waals surface area contributed by atoms with Gasteiger partial charge in [0.1, 0.15) is 5.69 Å². The van der Waals surface area contributed by atoms with E-state index < -0.39 is 30.2 Å². The fraction of sp³-hybridized carbons (Fsp3) is 0.474. The van der Waals surface area contributed by atoms with Gasteiger partial charge in [-0.15, -0.1) is 0 Å². The van der Waals surface area contributed by atoms with Crippen LogP contribution in [0.1, 0.15) is 37.2 Å². The zero-order valence-electron chi connectivity index (χ0n) is 15.6. The van der Waals surface area contributed by atoms with Crippen molar-refractivity contribution in [2.75, 3.05) is 13.1 Å². The topological polar surface area (TPSA) is 75.2 Å². The molecule has 1 fully saturated rings. The highest BCUT2D eigenvalue weighted by molar-refractivity contribution is 9.10. The van der Waals surface area contributed by atoms with E-state index in [0.29, 0.717) is 16.4 Å². The molecule has 1 aliphatic rings. The van der Waals surface area contributed by atoms with Gasteiger partial charge in [-0.05, 0) is 40.4 Å². The Morgan fingerprint density at radius 1 is 1.36 bits per heavy atom. The van der Waals surface area contributed by atoms with Crippen LogP contribution in [0.15, 0.2) is 29.0 Å². The Kier molecular flexibility index (Phi) is 5.92. The Morgan fingerprint density at radius 2 is 2.11 bits per heavy atom. The number of nitrogens with zero attached hydrogens (tertiary/aromatic N) is 3. The van der Waals surface area contributed by atoms with Crippen molar-refractivity contribution in [2.45, 2.75) is 38.7 Å². The lowest BCUT2D eigenvalue weighted by Gasteiger charge is -2.38. The molecule has 0 aromatic carbocycles. The molecule has 3 rings (SSSR count). The SMILES string of the molecule is CCC(F)(F)C(=O)N1CCC(C)C(NC(=O)c2ccc3cncc(Br)c3n2)C1. The molecule has 1 aliphatic heterocycles. The van der Waals surface area contributed by atoms with Crippen LogP contribution in [-0.2, 0) is 4.79 Å². The van der Waals surface area contributed by atoms with E-state index >= 15 is 0 Å². The summed E-state index contributed by atoms with van der Waals surface area (Å²) in [6.07, 6.45) is 3.24. The Bertz CT molecular complexity index is 909. The number of aromatic nitrogens is 2. The Morgan fingerprint density at radius 3 is 2.82 bits per heavy atom. The van der Waals surface area contributed by atoms with E-state index in [1.54, 1.807) is 24.5 Å². The fourth-order valence-corrected chi connectivity index (χ4v) is 3.64. The molecule has 2 amide bonds. The summed E-state index contributed by atoms with van der Waals surface area (Å²) < 4.78 is 28.2. The summed E-state index contributed by atoms with van der Waals surface area (Å²) in [5.41, 5.74) is 0.827. The third-order valence-corrected chi connectivity index (χ3v) is 5.69. The molecule has 9 heteroatoms. The van der Waals surface area contributed by atoms with Gasteiger partial charge in [0.25, 0.3) is 11.8 Å². The molecule has 1 saturated heterocycles. The number of carbonyl (C=O) groups excluding carboxylic acids is 2. The zero-order chi connectivity index (χ0) is 20.5. The lowest BCUT2D eigenvalue weighted by molar-refractivity contribution is -0.159. The van der Waals surface area contributed by atoms with E-state index in [0.717, 1.165) is 10.3 Å². The van der Waals surface area contributed by atoms with Crippen LogP contribution in [0.3, 0.4) is 0 Å². The zero-order valence-corrected chi connectivity index (χ0v) is 17.2. The first-order valence-electron chi connectivity index (χ1n) is 9.11. The highest BCUT2D eigenvalue weighted by Crippen LogP contribution is 2.26. The molecule has 0 aliphatic carbocycles. The molecule has 2 aromatic rings. The molecule has 3 heterocycles. The number of carbonyl (C=O) groups is 2. The van der Waals surface area contributed by atoms with Crippen molar-refractivity contribution < 1.29 is 18.4 Å². The van der Waals surface area contributed by atoms with Crippen molar-refractivity contribution in [1.82, 2.24) is 20.2 Å². The Hall–Kier alpha value is -2.16. The van der Waals surface area contributed by atoms with Gasteiger partial charge in [-0.2, -0.15) is 8.78 Å². The molecule has 0 spiro atoms. The smallest absolute Gasteiger partial charge is 0.324 e. The van der Waals surface area contributed by atoms with Crippen molar-refractivity contribution in [3.8, 4) is 0 Å². The van der Waals surface area contributed by atoms with Gasteiger partial charge in [-0.3, -0.25) is 14.6 Å². The minimum Gasteiger partial charge on any atom is -0.346 e. The van der Waals surface area contributed by atoms with Gasteiger partial charge in [-0.25, -0.2) is 4.98 Å². The highest BCUT2D eigenvalue weighted by Gasteiger charge is 2.42. The monoisotopic (exact) mass is 454 g/mol. The third-order valence-electron chi connectivity index (χ3n) is 5.11. The summed E-state index contributed by atoms with van der Waals surface area (Å²) >= 11 is 3.37. The number of pyridine rings is 2. The van der Waals surface area contributed by atoms with E-state index in [4.69, 9.17) is 0 Å². The van der Waals surface area contributed by atoms with Crippen LogP contribution in [0.2, 0.25) is 0 Å². The van der Waals surface area contributed by atoms with Crippen molar-refractivity contribution in [3.05, 3.63) is 34.7 Å². The largest absolute Gasteiger partial charge is 0.346 e. The van der Waals surface area contributed by atoms with Gasteiger partial charge >= 0.3 is 5.92 Å². The van der Waals surface area contributed by atoms with Gasteiger partial charge in [0.05, 0.1) is 9.99 Å². The molecular weight excluding hydrogens is 434 g/mol. The molecule has 2 atom stereocenters. The molecule has 28 heavy (non-hydrogen) atoms. The summed E-state index contributed by atoms with van der Waals surface area (Å²) in [7, 11) is 0. The quantitative estimate of drug-likeness (QED) is 0.767. The molecule has 2 unspecified atom stereocenters. The number of amides is 2. The van der Waals surface area contributed by atoms with E-state index in [-0.39, 0.29) is 24.7 Å². The molecular formula is C19H21BrF2N4O2. The number of hydrogen-bond acceptors (Lipinski definition) is 4. The van der Waals surface area contributed by atoms with Gasteiger partial charge in [0.2, 0.25) is 0 Å². The first-order chi connectivity index (χ1) is 13.2. The van der Waals surface area contributed by atoms with Crippen LogP contribution in [-0.4, -0.2) is 51.7 Å². The minimum atomic E-state index is -3.38. The van der Waals surface area contributed by atoms with Crippen LogP contribution in [0.5, 0.6) is 0 Å². The number of rotatable bonds is 4. The first-order valence-corrected chi connectivity index (χ1v) is 9.90. The van der Waals surface area contributed by atoms with Crippen LogP contribution in [0.4, 0.5) is 8.78 Å². The average molecular weight is 455 g/mol. The maximum Gasteiger partial charge on any atom is 0.324 e. The van der Waals surface area contributed by atoms with Crippen molar-refractivity contribution in [2.24, 2.45) is 5.92 Å². The maximum atomic E-state index is 13.8. The normalized spacial score (nSPS) is 20.2. The molecule has 0 radical (unpaired) electrons. The summed E-state index contributed by atoms with van der Waals surface area (Å²) in [6.45, 7) is 3.53. The fourth-order valence-electron chi connectivity index (χ4n) is 3.20. The second kappa shape index (κ2) is 8.06. The summed E-state index contributed by atoms with van der Waals surface area (Å²) in [4.78, 5) is 34.3. The average Bonchev–Trinajstić information content (AvgIpc) is 2.69. The van der Waals surface area contributed by atoms with Crippen molar-refractivity contribution in [3.63, 3.8) is 0 Å². The number of piperidine rings is 1. The Labute approximate surface area is 169 Å². The number of alkyl halides is 2. The van der Waals surface area contributed by atoms with Crippen molar-refractivity contribution >= 4 is 38.6 Å². The highest BCUT2D eigenvalue weighted by atomic mass is 79.9. The second-order valence-corrected chi connectivity index (χ2v) is 7.90. The van der Waals surface area contributed by atoms with E-state index in [2.05, 4.69) is 31.2 Å². The van der Waals surface area contributed by atoms with Crippen LogP contribution in [0, 0.1) is 5.92 Å². The standard InChI is InChI=1S/C19H21BrF2N4O2/c1-3-19(21,22)18(28)26-7-6-11(2)15(10-26)25-17(27)14-5-4-12-8-23-9-13(20)16(12)24-14/h4-5,8-9,11,15H,3,6-7,10H2,1-2H3,(H,25,27). The molecule has 1 N–H and O–H groups in total. The maximum absolute atomic E-state index is 13.8. The molecule has 150 valence electrons. The summed E-state index contributed by atoms with van der Waals surface area (Å²) in [6, 6.07) is 2.92. The van der Waals surface area contributed by atoms with Gasteiger partial charge in [0.15, 0.2) is 0 Å². The van der Waals surface area contributed by atoms with Crippen LogP contribution >= 0.6 is 15.9 Å². The predicted molar refractivity (Wildman–Crippen MR) is 104 cm³/mol. The third kappa shape index (κ3) is 4.14. The lowest BCUT2D eigenvalue weighted by atomic mass is 9.92. The summed E-state index contributed by atoms with van der Waals surface area (Å²) in [5, 5.41) is 3.64. The van der Waals surface area contributed by atoms with Crippen molar-refractivity contribution in [1.29, 1.82) is 0 Å². The van der Waals surface area contributed by atoms with Gasteiger partial charge < -0.3 is 10.2 Å². The van der Waals surface area contributed by atoms with E-state index in [1.165, 1.54) is 6.92 Å². The van der Waals surface area contributed by atoms with Gasteiger partial charge in [-0.1, -0.05) is 13.8 Å². The second-order valence-electron chi connectivity index (χ2n) is 7.04. The predicted octanol–water partition coefficient (Wildman–Crippen LogP) is 3.40. The number of hydrogen-bond donors (Lipinski definition) is 1. The Balaban J connectivity index is 1.75. The van der Waals surface area contributed by atoms with E-state index in [9.17, 15) is 18.4 Å².